The van der Waals surface area contributed by atoms with E-state index in [4.69, 9.17) is 0 Å². The number of esters is 1. The van der Waals surface area contributed by atoms with Crippen molar-refractivity contribution in [1.82, 2.24) is 9.21 Å². The standard InChI is InChI=1S/C15H22N2O4S/c1-3-16-7-9-17(10-8-16)22(19,20)12-13-5-4-6-14(11-13)15(18)21-2/h4-6,11H,3,7-10,12H2,1-2H3. The minimum absolute atomic E-state index is 0.0933. The fraction of sp³-hybridized carbons (Fsp3) is 0.533. The van der Waals surface area contributed by atoms with Crippen LogP contribution in [0.25, 0.3) is 0 Å². The minimum atomic E-state index is -3.36. The minimum Gasteiger partial charge on any atom is -0.465 e. The van der Waals surface area contributed by atoms with E-state index in [0.29, 0.717) is 24.2 Å². The molecule has 22 heavy (non-hydrogen) atoms. The molecular weight excluding hydrogens is 304 g/mol. The van der Waals surface area contributed by atoms with Crippen LogP contribution < -0.4 is 0 Å². The van der Waals surface area contributed by atoms with Gasteiger partial charge in [-0.15, -0.1) is 0 Å². The molecule has 0 aliphatic carbocycles. The second-order valence-electron chi connectivity index (χ2n) is 5.28. The molecule has 1 aliphatic rings. The summed E-state index contributed by atoms with van der Waals surface area (Å²) in [5.41, 5.74) is 0.965. The quantitative estimate of drug-likeness (QED) is 0.754. The molecule has 1 aliphatic heterocycles. The second-order valence-corrected chi connectivity index (χ2v) is 7.25. The number of benzene rings is 1. The Morgan fingerprint density at radius 1 is 1.23 bits per heavy atom. The number of methoxy groups -OCH3 is 1. The molecule has 6 nitrogen and oxygen atoms in total. The van der Waals surface area contributed by atoms with Gasteiger partial charge in [0.2, 0.25) is 10.0 Å². The predicted octanol–water partition coefficient (Wildman–Crippen LogP) is 0.940. The first-order chi connectivity index (χ1) is 10.5. The number of hydrogen-bond donors (Lipinski definition) is 0. The molecule has 0 spiro atoms. The van der Waals surface area contributed by atoms with Crippen molar-refractivity contribution in [3.8, 4) is 0 Å². The zero-order valence-corrected chi connectivity index (χ0v) is 13.8. The number of nitrogens with zero attached hydrogens (tertiary/aromatic N) is 2. The molecule has 1 aromatic rings. The molecular formula is C15H22N2O4S. The van der Waals surface area contributed by atoms with Gasteiger partial charge in [0.05, 0.1) is 18.4 Å². The maximum atomic E-state index is 12.5. The summed E-state index contributed by atoms with van der Waals surface area (Å²) < 4.78 is 31.2. The van der Waals surface area contributed by atoms with Crippen molar-refractivity contribution in [3.05, 3.63) is 35.4 Å². The maximum Gasteiger partial charge on any atom is 0.337 e. The highest BCUT2D eigenvalue weighted by molar-refractivity contribution is 7.88. The lowest BCUT2D eigenvalue weighted by Crippen LogP contribution is -2.48. The largest absolute Gasteiger partial charge is 0.465 e. The lowest BCUT2D eigenvalue weighted by Gasteiger charge is -2.33. The first kappa shape index (κ1) is 16.9. The molecule has 122 valence electrons. The summed E-state index contributed by atoms with van der Waals surface area (Å²) in [6, 6.07) is 6.58. The van der Waals surface area contributed by atoms with Crippen molar-refractivity contribution in [2.24, 2.45) is 0 Å². The van der Waals surface area contributed by atoms with Crippen LogP contribution in [-0.2, 0) is 20.5 Å². The van der Waals surface area contributed by atoms with E-state index in [2.05, 4.69) is 16.6 Å². The van der Waals surface area contributed by atoms with Crippen LogP contribution in [0, 0.1) is 0 Å². The van der Waals surface area contributed by atoms with Gasteiger partial charge in [0.15, 0.2) is 0 Å². The highest BCUT2D eigenvalue weighted by Gasteiger charge is 2.26. The smallest absolute Gasteiger partial charge is 0.337 e. The molecule has 0 amide bonds. The molecule has 0 bridgehead atoms. The molecule has 0 aromatic heterocycles. The second kappa shape index (κ2) is 7.21. The van der Waals surface area contributed by atoms with E-state index in [1.165, 1.54) is 11.4 Å². The van der Waals surface area contributed by atoms with Crippen molar-refractivity contribution in [2.75, 3.05) is 39.8 Å². The van der Waals surface area contributed by atoms with Crippen LogP contribution in [0.4, 0.5) is 0 Å². The van der Waals surface area contributed by atoms with Gasteiger partial charge >= 0.3 is 5.97 Å². The first-order valence-corrected chi connectivity index (χ1v) is 8.94. The molecule has 7 heteroatoms. The van der Waals surface area contributed by atoms with E-state index in [9.17, 15) is 13.2 Å². The molecule has 0 saturated carbocycles. The third kappa shape index (κ3) is 4.06. The van der Waals surface area contributed by atoms with Gasteiger partial charge in [-0.1, -0.05) is 19.1 Å². The first-order valence-electron chi connectivity index (χ1n) is 7.33. The number of carbonyl (C=O) groups is 1. The van der Waals surface area contributed by atoms with Crippen LogP contribution in [0.2, 0.25) is 0 Å². The van der Waals surface area contributed by atoms with Gasteiger partial charge in [0.25, 0.3) is 0 Å². The van der Waals surface area contributed by atoms with Crippen molar-refractivity contribution in [1.29, 1.82) is 0 Å². The molecule has 1 fully saturated rings. The molecule has 0 N–H and O–H groups in total. The maximum absolute atomic E-state index is 12.5. The Kier molecular flexibility index (Phi) is 5.55. The summed E-state index contributed by atoms with van der Waals surface area (Å²) >= 11 is 0. The summed E-state index contributed by atoms with van der Waals surface area (Å²) in [7, 11) is -2.06. The number of rotatable bonds is 5. The average molecular weight is 326 g/mol. The number of ether oxygens (including phenoxy) is 1. The highest BCUT2D eigenvalue weighted by atomic mass is 32.2. The van der Waals surface area contributed by atoms with Gasteiger partial charge in [0, 0.05) is 26.2 Å². The molecule has 0 atom stereocenters. The van der Waals surface area contributed by atoms with E-state index in [-0.39, 0.29) is 5.75 Å². The third-order valence-electron chi connectivity index (χ3n) is 3.87. The molecule has 2 rings (SSSR count). The van der Waals surface area contributed by atoms with Crippen LogP contribution in [0.1, 0.15) is 22.8 Å². The van der Waals surface area contributed by atoms with Gasteiger partial charge in [0.1, 0.15) is 0 Å². The Morgan fingerprint density at radius 3 is 2.50 bits per heavy atom. The zero-order valence-electron chi connectivity index (χ0n) is 13.0. The fourth-order valence-corrected chi connectivity index (χ4v) is 4.03. The molecule has 1 saturated heterocycles. The number of sulfonamides is 1. The van der Waals surface area contributed by atoms with Crippen molar-refractivity contribution in [3.63, 3.8) is 0 Å². The third-order valence-corrected chi connectivity index (χ3v) is 5.72. The Labute approximate surface area is 131 Å². The molecule has 0 unspecified atom stereocenters. The van der Waals surface area contributed by atoms with Crippen molar-refractivity contribution >= 4 is 16.0 Å². The summed E-state index contributed by atoms with van der Waals surface area (Å²) in [5, 5.41) is 0. The van der Waals surface area contributed by atoms with Crippen LogP contribution in [0.3, 0.4) is 0 Å². The highest BCUT2D eigenvalue weighted by Crippen LogP contribution is 2.15. The Morgan fingerprint density at radius 2 is 1.91 bits per heavy atom. The van der Waals surface area contributed by atoms with Crippen LogP contribution >= 0.6 is 0 Å². The Balaban J connectivity index is 2.07. The Bertz CT molecular complexity index is 622. The molecule has 1 aromatic carbocycles. The summed E-state index contributed by atoms with van der Waals surface area (Å²) in [6.45, 7) is 5.58. The average Bonchev–Trinajstić information content (AvgIpc) is 2.54. The Hall–Kier alpha value is -1.44. The van der Waals surface area contributed by atoms with E-state index in [0.717, 1.165) is 19.6 Å². The lowest BCUT2D eigenvalue weighted by atomic mass is 10.1. The van der Waals surface area contributed by atoms with E-state index < -0.39 is 16.0 Å². The number of likely N-dealkylation sites (N-methyl/N-ethyl adjacent to an activating group) is 1. The zero-order chi connectivity index (χ0) is 16.2. The monoisotopic (exact) mass is 326 g/mol. The van der Waals surface area contributed by atoms with Gasteiger partial charge in [-0.25, -0.2) is 13.2 Å². The van der Waals surface area contributed by atoms with Crippen molar-refractivity contribution in [2.45, 2.75) is 12.7 Å². The van der Waals surface area contributed by atoms with E-state index >= 15 is 0 Å². The van der Waals surface area contributed by atoms with E-state index in [1.54, 1.807) is 24.3 Å². The fourth-order valence-electron chi connectivity index (χ4n) is 2.53. The summed E-state index contributed by atoms with van der Waals surface area (Å²) in [5.74, 6) is -0.556. The number of piperazine rings is 1. The van der Waals surface area contributed by atoms with Gasteiger partial charge < -0.3 is 9.64 Å². The summed E-state index contributed by atoms with van der Waals surface area (Å²) in [6.07, 6.45) is 0. The van der Waals surface area contributed by atoms with Crippen molar-refractivity contribution < 1.29 is 17.9 Å². The SMILES string of the molecule is CCN1CCN(S(=O)(=O)Cc2cccc(C(=O)OC)c2)CC1. The lowest BCUT2D eigenvalue weighted by molar-refractivity contribution is 0.0600. The van der Waals surface area contributed by atoms with Gasteiger partial charge in [-0.3, -0.25) is 0 Å². The summed E-state index contributed by atoms with van der Waals surface area (Å²) in [4.78, 5) is 13.7. The number of hydrogen-bond acceptors (Lipinski definition) is 5. The van der Waals surface area contributed by atoms with E-state index in [1.807, 2.05) is 0 Å². The van der Waals surface area contributed by atoms with Crippen LogP contribution in [0.15, 0.2) is 24.3 Å². The van der Waals surface area contributed by atoms with Crippen LogP contribution in [0.5, 0.6) is 0 Å². The topological polar surface area (TPSA) is 66.9 Å². The van der Waals surface area contributed by atoms with Gasteiger partial charge in [-0.2, -0.15) is 4.31 Å². The predicted molar refractivity (Wildman–Crippen MR) is 84.1 cm³/mol. The normalized spacial score (nSPS) is 17.4. The molecule has 0 radical (unpaired) electrons. The van der Waals surface area contributed by atoms with Gasteiger partial charge in [-0.05, 0) is 24.2 Å². The molecule has 1 heterocycles. The number of carbonyl (C=O) groups excluding carboxylic acids is 1. The van der Waals surface area contributed by atoms with Crippen LogP contribution in [-0.4, -0.2) is 63.4 Å².